The first-order valence-electron chi connectivity index (χ1n) is 8.10. The predicted molar refractivity (Wildman–Crippen MR) is 93.6 cm³/mol. The molecule has 1 aliphatic carbocycles. The third kappa shape index (κ3) is 3.96. The van der Waals surface area contributed by atoms with Gasteiger partial charge >= 0.3 is 5.97 Å². The number of aromatic nitrogens is 2. The number of aliphatic carboxylic acids is 1. The highest BCUT2D eigenvalue weighted by atomic mass is 32.1. The molecule has 0 radical (unpaired) electrons. The van der Waals surface area contributed by atoms with Crippen LogP contribution >= 0.6 is 11.3 Å². The molecule has 1 aliphatic rings. The van der Waals surface area contributed by atoms with Gasteiger partial charge in [0.1, 0.15) is 10.8 Å². The zero-order chi connectivity index (χ0) is 17.8. The molecule has 2 N–H and O–H groups in total. The number of nitrogens with one attached hydrogen (secondary N) is 1. The summed E-state index contributed by atoms with van der Waals surface area (Å²) in [5.41, 5.74) is 0.875. The van der Waals surface area contributed by atoms with Crippen molar-refractivity contribution in [1.82, 2.24) is 10.2 Å². The lowest BCUT2D eigenvalue weighted by atomic mass is 9.79. The molecule has 25 heavy (non-hydrogen) atoms. The number of nitrogens with zero attached hydrogens (tertiary/aromatic N) is 2. The number of carbonyl (C=O) groups is 2. The Morgan fingerprint density at radius 2 is 1.84 bits per heavy atom. The van der Waals surface area contributed by atoms with Gasteiger partial charge in [-0.3, -0.25) is 9.59 Å². The molecule has 1 heterocycles. The van der Waals surface area contributed by atoms with E-state index in [9.17, 15) is 14.7 Å². The lowest BCUT2D eigenvalue weighted by molar-refractivity contribution is -0.147. The molecule has 0 saturated heterocycles. The van der Waals surface area contributed by atoms with Crippen LogP contribution in [0.4, 0.5) is 5.13 Å². The van der Waals surface area contributed by atoms with Crippen molar-refractivity contribution in [2.75, 3.05) is 12.4 Å². The number of benzene rings is 1. The summed E-state index contributed by atoms with van der Waals surface area (Å²) in [5, 5.41) is 21.2. The number of amides is 1. The van der Waals surface area contributed by atoms with Gasteiger partial charge in [0.25, 0.3) is 0 Å². The number of hydrogen-bond donors (Lipinski definition) is 2. The molecular weight excluding hydrogens is 342 g/mol. The minimum absolute atomic E-state index is 0.287. The third-order valence-electron chi connectivity index (χ3n) is 4.41. The summed E-state index contributed by atoms with van der Waals surface area (Å²) in [7, 11) is 1.60. The molecule has 1 aromatic carbocycles. The van der Waals surface area contributed by atoms with Crippen molar-refractivity contribution in [3.05, 3.63) is 24.3 Å². The molecule has 1 aromatic heterocycles. The van der Waals surface area contributed by atoms with E-state index in [1.165, 1.54) is 11.3 Å². The van der Waals surface area contributed by atoms with E-state index in [1.54, 1.807) is 7.11 Å². The van der Waals surface area contributed by atoms with Crippen LogP contribution in [-0.4, -0.2) is 34.3 Å². The number of carbonyl (C=O) groups excluding carboxylic acids is 1. The first kappa shape index (κ1) is 17.3. The number of ether oxygens (including phenoxy) is 1. The van der Waals surface area contributed by atoms with E-state index in [0.29, 0.717) is 23.0 Å². The van der Waals surface area contributed by atoms with E-state index in [1.807, 2.05) is 24.3 Å². The average molecular weight is 361 g/mol. The summed E-state index contributed by atoms with van der Waals surface area (Å²) in [5.74, 6) is -1.58. The Morgan fingerprint density at radius 1 is 1.16 bits per heavy atom. The molecule has 1 amide bonds. The maximum atomic E-state index is 12.5. The van der Waals surface area contributed by atoms with Gasteiger partial charge in [0.15, 0.2) is 0 Å². The van der Waals surface area contributed by atoms with E-state index in [2.05, 4.69) is 15.5 Å². The van der Waals surface area contributed by atoms with Crippen LogP contribution in [0.5, 0.6) is 5.75 Å². The Hall–Kier alpha value is -2.48. The first-order valence-corrected chi connectivity index (χ1v) is 8.91. The number of anilines is 1. The van der Waals surface area contributed by atoms with Crippen LogP contribution in [0, 0.1) is 11.8 Å². The van der Waals surface area contributed by atoms with Crippen molar-refractivity contribution in [1.29, 1.82) is 0 Å². The van der Waals surface area contributed by atoms with E-state index in [-0.39, 0.29) is 5.91 Å². The molecule has 0 unspecified atom stereocenters. The van der Waals surface area contributed by atoms with Crippen molar-refractivity contribution >= 4 is 28.3 Å². The fourth-order valence-corrected chi connectivity index (χ4v) is 3.81. The minimum Gasteiger partial charge on any atom is -0.497 e. The highest BCUT2D eigenvalue weighted by molar-refractivity contribution is 7.18. The summed E-state index contributed by atoms with van der Waals surface area (Å²) in [6.07, 6.45) is 2.85. The Morgan fingerprint density at radius 3 is 2.48 bits per heavy atom. The van der Waals surface area contributed by atoms with Crippen molar-refractivity contribution < 1.29 is 19.4 Å². The summed E-state index contributed by atoms with van der Waals surface area (Å²) in [6.45, 7) is 0. The number of rotatable bonds is 5. The molecule has 0 aliphatic heterocycles. The summed E-state index contributed by atoms with van der Waals surface area (Å²) < 4.78 is 5.12. The number of carboxylic acids is 1. The van der Waals surface area contributed by atoms with Gasteiger partial charge in [-0.25, -0.2) is 0 Å². The lowest BCUT2D eigenvalue weighted by Crippen LogP contribution is -2.36. The Kier molecular flexibility index (Phi) is 5.28. The molecule has 0 spiro atoms. The van der Waals surface area contributed by atoms with Crippen molar-refractivity contribution in [3.8, 4) is 16.3 Å². The van der Waals surface area contributed by atoms with Crippen LogP contribution < -0.4 is 10.1 Å². The van der Waals surface area contributed by atoms with Gasteiger partial charge in [0.2, 0.25) is 11.0 Å². The van der Waals surface area contributed by atoms with Crippen molar-refractivity contribution in [3.63, 3.8) is 0 Å². The molecule has 2 aromatic rings. The third-order valence-corrected chi connectivity index (χ3v) is 5.30. The second-order valence-corrected chi connectivity index (χ2v) is 6.94. The number of hydrogen-bond acceptors (Lipinski definition) is 6. The van der Waals surface area contributed by atoms with Gasteiger partial charge in [-0.15, -0.1) is 10.2 Å². The molecule has 1 fully saturated rings. The SMILES string of the molecule is COc1ccc(-c2nnc(NC(=O)[C@@H]3CCCC[C@H]3C(=O)O)s2)cc1. The van der Waals surface area contributed by atoms with E-state index < -0.39 is 17.8 Å². The van der Waals surface area contributed by atoms with Gasteiger partial charge in [-0.1, -0.05) is 24.2 Å². The van der Waals surface area contributed by atoms with Gasteiger partial charge < -0.3 is 15.2 Å². The first-order chi connectivity index (χ1) is 12.1. The average Bonchev–Trinajstić information content (AvgIpc) is 3.10. The second-order valence-electron chi connectivity index (χ2n) is 5.97. The van der Waals surface area contributed by atoms with Crippen molar-refractivity contribution in [2.24, 2.45) is 11.8 Å². The molecule has 8 heteroatoms. The molecule has 0 bridgehead atoms. The molecule has 1 saturated carbocycles. The Bertz CT molecular complexity index is 760. The van der Waals surface area contributed by atoms with Crippen LogP contribution in [0.1, 0.15) is 25.7 Å². The van der Waals surface area contributed by atoms with Gasteiger partial charge in [-0.2, -0.15) is 0 Å². The number of carboxylic acid groups (broad SMARTS) is 1. The van der Waals surface area contributed by atoms with Gasteiger partial charge in [0, 0.05) is 5.56 Å². The van der Waals surface area contributed by atoms with Crippen LogP contribution in [-0.2, 0) is 9.59 Å². The lowest BCUT2D eigenvalue weighted by Gasteiger charge is -2.26. The van der Waals surface area contributed by atoms with Gasteiger partial charge in [0.05, 0.1) is 18.9 Å². The summed E-state index contributed by atoms with van der Waals surface area (Å²) in [6, 6.07) is 7.39. The number of methoxy groups -OCH3 is 1. The molecule has 3 rings (SSSR count). The highest BCUT2D eigenvalue weighted by Crippen LogP contribution is 2.32. The van der Waals surface area contributed by atoms with Gasteiger partial charge in [-0.05, 0) is 37.1 Å². The maximum Gasteiger partial charge on any atom is 0.307 e. The zero-order valence-electron chi connectivity index (χ0n) is 13.8. The summed E-state index contributed by atoms with van der Waals surface area (Å²) in [4.78, 5) is 23.8. The zero-order valence-corrected chi connectivity index (χ0v) is 14.6. The van der Waals surface area contributed by atoms with Crippen molar-refractivity contribution in [2.45, 2.75) is 25.7 Å². The summed E-state index contributed by atoms with van der Waals surface area (Å²) >= 11 is 1.26. The van der Waals surface area contributed by atoms with Crippen LogP contribution in [0.25, 0.3) is 10.6 Å². The maximum absolute atomic E-state index is 12.5. The predicted octanol–water partition coefficient (Wildman–Crippen LogP) is 3.04. The monoisotopic (exact) mass is 361 g/mol. The van der Waals surface area contributed by atoms with E-state index in [4.69, 9.17) is 4.74 Å². The quantitative estimate of drug-likeness (QED) is 0.849. The largest absolute Gasteiger partial charge is 0.497 e. The standard InChI is InChI=1S/C17H19N3O4S/c1-24-11-8-6-10(7-9-11)15-19-20-17(25-15)18-14(21)12-4-2-3-5-13(12)16(22)23/h6-9,12-13H,2-5H2,1H3,(H,22,23)(H,18,20,21)/t12-,13-/m1/s1. The highest BCUT2D eigenvalue weighted by Gasteiger charge is 2.36. The topological polar surface area (TPSA) is 101 Å². The molecule has 132 valence electrons. The van der Waals surface area contributed by atoms with Crippen LogP contribution in [0.3, 0.4) is 0 Å². The Labute approximate surface area is 149 Å². The fraction of sp³-hybridized carbons (Fsp3) is 0.412. The molecule has 7 nitrogen and oxygen atoms in total. The van der Waals surface area contributed by atoms with E-state index >= 15 is 0 Å². The smallest absolute Gasteiger partial charge is 0.307 e. The molecule has 2 atom stereocenters. The Balaban J connectivity index is 1.69. The van der Waals surface area contributed by atoms with E-state index in [0.717, 1.165) is 24.2 Å². The minimum atomic E-state index is -0.906. The van der Waals surface area contributed by atoms with Crippen LogP contribution in [0.15, 0.2) is 24.3 Å². The van der Waals surface area contributed by atoms with Crippen LogP contribution in [0.2, 0.25) is 0 Å². The normalized spacial score (nSPS) is 20.0. The second kappa shape index (κ2) is 7.60. The fourth-order valence-electron chi connectivity index (χ4n) is 3.06. The molecular formula is C17H19N3O4S.